The third kappa shape index (κ3) is 2.40. The van der Waals surface area contributed by atoms with Crippen LogP contribution in [0.1, 0.15) is 11.1 Å². The van der Waals surface area contributed by atoms with Crippen molar-refractivity contribution >= 4 is 11.8 Å². The van der Waals surface area contributed by atoms with Gasteiger partial charge in [0.2, 0.25) is 5.88 Å². The molecule has 0 saturated carbocycles. The highest BCUT2D eigenvalue weighted by Gasteiger charge is 2.23. The molecular formula is C14H14N4O2. The maximum absolute atomic E-state index is 12.2. The van der Waals surface area contributed by atoms with E-state index in [2.05, 4.69) is 15.3 Å². The van der Waals surface area contributed by atoms with E-state index in [-0.39, 0.29) is 6.03 Å². The molecule has 1 aromatic carbocycles. The lowest BCUT2D eigenvalue weighted by Crippen LogP contribution is -2.30. The van der Waals surface area contributed by atoms with Crippen LogP contribution in [0.4, 0.5) is 10.6 Å². The van der Waals surface area contributed by atoms with Crippen LogP contribution < -0.4 is 10.1 Å². The second-order valence-electron chi connectivity index (χ2n) is 4.50. The highest BCUT2D eigenvalue weighted by Crippen LogP contribution is 2.23. The second-order valence-corrected chi connectivity index (χ2v) is 4.50. The number of nitrogens with one attached hydrogen (secondary N) is 1. The Hall–Kier alpha value is -2.63. The van der Waals surface area contributed by atoms with E-state index in [1.165, 1.54) is 24.6 Å². The number of carbonyl (C=O) groups is 1. The molecule has 0 radical (unpaired) electrons. The minimum absolute atomic E-state index is 0.179. The van der Waals surface area contributed by atoms with Crippen LogP contribution >= 0.6 is 0 Å². The number of hydrogen-bond donors (Lipinski definition) is 1. The van der Waals surface area contributed by atoms with Gasteiger partial charge in [-0.2, -0.15) is 0 Å². The number of aromatic nitrogens is 2. The number of anilines is 1. The highest BCUT2D eigenvalue weighted by molar-refractivity contribution is 5.88. The van der Waals surface area contributed by atoms with Gasteiger partial charge < -0.3 is 9.64 Å². The number of fused-ring (bicyclic) bond motifs is 1. The number of nitrogens with zero attached hydrogens (tertiary/aromatic N) is 3. The number of urea groups is 1. The maximum atomic E-state index is 12.2. The van der Waals surface area contributed by atoms with Gasteiger partial charge in [-0.05, 0) is 11.1 Å². The lowest BCUT2D eigenvalue weighted by atomic mass is 10.1. The average molecular weight is 270 g/mol. The summed E-state index contributed by atoms with van der Waals surface area (Å²) in [6, 6.07) is 9.45. The van der Waals surface area contributed by atoms with Gasteiger partial charge in [-0.3, -0.25) is 5.32 Å². The summed E-state index contributed by atoms with van der Waals surface area (Å²) >= 11 is 0. The van der Waals surface area contributed by atoms with Crippen LogP contribution in [0.15, 0.2) is 36.7 Å². The largest absolute Gasteiger partial charge is 0.481 e. The summed E-state index contributed by atoms with van der Waals surface area (Å²) < 4.78 is 5.00. The van der Waals surface area contributed by atoms with E-state index in [0.717, 1.165) is 0 Å². The summed E-state index contributed by atoms with van der Waals surface area (Å²) in [5.74, 6) is 0.845. The molecule has 20 heavy (non-hydrogen) atoms. The lowest BCUT2D eigenvalue weighted by Gasteiger charge is -2.16. The van der Waals surface area contributed by atoms with Gasteiger partial charge in [-0.1, -0.05) is 24.3 Å². The summed E-state index contributed by atoms with van der Waals surface area (Å²) in [4.78, 5) is 21.8. The van der Waals surface area contributed by atoms with Gasteiger partial charge in [-0.15, -0.1) is 0 Å². The molecule has 6 heteroatoms. The van der Waals surface area contributed by atoms with E-state index >= 15 is 0 Å². The van der Waals surface area contributed by atoms with Gasteiger partial charge in [0, 0.05) is 19.2 Å². The number of benzene rings is 1. The molecule has 0 aliphatic carbocycles. The van der Waals surface area contributed by atoms with Crippen molar-refractivity contribution in [1.82, 2.24) is 14.9 Å². The third-order valence-corrected chi connectivity index (χ3v) is 3.21. The Bertz CT molecular complexity index is 620. The molecule has 1 aliphatic heterocycles. The molecule has 1 aliphatic rings. The van der Waals surface area contributed by atoms with Crippen LogP contribution in [0.25, 0.3) is 0 Å². The van der Waals surface area contributed by atoms with Gasteiger partial charge in [0.1, 0.15) is 12.1 Å². The zero-order valence-corrected chi connectivity index (χ0v) is 11.0. The number of rotatable bonds is 2. The summed E-state index contributed by atoms with van der Waals surface area (Å²) in [5.41, 5.74) is 2.37. The smallest absolute Gasteiger partial charge is 0.323 e. The van der Waals surface area contributed by atoms with Crippen molar-refractivity contribution in [3.8, 4) is 5.88 Å². The molecule has 0 bridgehead atoms. The summed E-state index contributed by atoms with van der Waals surface area (Å²) in [6.07, 6.45) is 1.35. The van der Waals surface area contributed by atoms with Gasteiger partial charge >= 0.3 is 6.03 Å². The number of amides is 2. The molecule has 1 N–H and O–H groups in total. The zero-order chi connectivity index (χ0) is 13.9. The fraction of sp³-hybridized carbons (Fsp3) is 0.214. The van der Waals surface area contributed by atoms with Crippen molar-refractivity contribution in [2.45, 2.75) is 13.1 Å². The first-order valence-corrected chi connectivity index (χ1v) is 6.25. The van der Waals surface area contributed by atoms with Gasteiger partial charge in [-0.25, -0.2) is 14.8 Å². The fourth-order valence-electron chi connectivity index (χ4n) is 2.18. The van der Waals surface area contributed by atoms with Crippen LogP contribution in [-0.2, 0) is 13.1 Å². The third-order valence-electron chi connectivity index (χ3n) is 3.21. The molecular weight excluding hydrogens is 256 g/mol. The molecule has 3 rings (SSSR count). The molecule has 2 amide bonds. The van der Waals surface area contributed by atoms with Crippen molar-refractivity contribution in [3.63, 3.8) is 0 Å². The molecule has 6 nitrogen and oxygen atoms in total. The molecule has 102 valence electrons. The van der Waals surface area contributed by atoms with Crippen molar-refractivity contribution < 1.29 is 9.53 Å². The standard InChI is InChI=1S/C14H14N4O2/c1-20-13-6-12(15-9-16-13)17-14(19)18-7-10-4-2-3-5-11(10)8-18/h2-6,9H,7-8H2,1H3,(H,15,16,17,19). The zero-order valence-electron chi connectivity index (χ0n) is 11.0. The first-order chi connectivity index (χ1) is 9.76. The number of ether oxygens (including phenoxy) is 1. The van der Waals surface area contributed by atoms with E-state index in [1.807, 2.05) is 24.3 Å². The second kappa shape index (κ2) is 5.16. The van der Waals surface area contributed by atoms with E-state index in [4.69, 9.17) is 4.74 Å². The first-order valence-electron chi connectivity index (χ1n) is 6.25. The van der Waals surface area contributed by atoms with E-state index in [1.54, 1.807) is 11.0 Å². The SMILES string of the molecule is COc1cc(NC(=O)N2Cc3ccccc3C2)ncn1. The van der Waals surface area contributed by atoms with E-state index in [0.29, 0.717) is 24.8 Å². The van der Waals surface area contributed by atoms with Crippen molar-refractivity contribution in [3.05, 3.63) is 47.8 Å². The normalized spacial score (nSPS) is 12.9. The predicted octanol–water partition coefficient (Wildman–Crippen LogP) is 2.03. The van der Waals surface area contributed by atoms with Crippen LogP contribution in [0.5, 0.6) is 5.88 Å². The highest BCUT2D eigenvalue weighted by atomic mass is 16.5. The number of carbonyl (C=O) groups excluding carboxylic acids is 1. The van der Waals surface area contributed by atoms with E-state index in [9.17, 15) is 4.79 Å². The fourth-order valence-corrected chi connectivity index (χ4v) is 2.18. The van der Waals surface area contributed by atoms with Crippen molar-refractivity contribution in [1.29, 1.82) is 0 Å². The van der Waals surface area contributed by atoms with Crippen LogP contribution in [0.3, 0.4) is 0 Å². The first kappa shape index (κ1) is 12.4. The molecule has 0 fully saturated rings. The topological polar surface area (TPSA) is 67.3 Å². The van der Waals surface area contributed by atoms with Crippen molar-refractivity contribution in [2.75, 3.05) is 12.4 Å². The number of methoxy groups -OCH3 is 1. The Balaban J connectivity index is 1.69. The monoisotopic (exact) mass is 270 g/mol. The van der Waals surface area contributed by atoms with Crippen LogP contribution in [0.2, 0.25) is 0 Å². The molecule has 0 atom stereocenters. The molecule has 0 saturated heterocycles. The molecule has 0 unspecified atom stereocenters. The predicted molar refractivity (Wildman–Crippen MR) is 73.3 cm³/mol. The summed E-state index contributed by atoms with van der Waals surface area (Å²) in [5, 5.41) is 2.75. The molecule has 1 aromatic heterocycles. The summed E-state index contributed by atoms with van der Waals surface area (Å²) in [6.45, 7) is 1.23. The van der Waals surface area contributed by atoms with Gasteiger partial charge in [0.05, 0.1) is 7.11 Å². The Kier molecular flexibility index (Phi) is 3.20. The van der Waals surface area contributed by atoms with Gasteiger partial charge in [0.25, 0.3) is 0 Å². The Morgan fingerprint density at radius 1 is 1.25 bits per heavy atom. The Morgan fingerprint density at radius 3 is 2.60 bits per heavy atom. The minimum Gasteiger partial charge on any atom is -0.481 e. The number of hydrogen-bond acceptors (Lipinski definition) is 4. The lowest BCUT2D eigenvalue weighted by molar-refractivity contribution is 0.212. The van der Waals surface area contributed by atoms with Gasteiger partial charge in [0.15, 0.2) is 0 Å². The maximum Gasteiger partial charge on any atom is 0.323 e. The van der Waals surface area contributed by atoms with E-state index < -0.39 is 0 Å². The minimum atomic E-state index is -0.179. The van der Waals surface area contributed by atoms with Crippen LogP contribution in [0, 0.1) is 0 Å². The van der Waals surface area contributed by atoms with Crippen molar-refractivity contribution in [2.24, 2.45) is 0 Å². The molecule has 2 heterocycles. The van der Waals surface area contributed by atoms with Crippen LogP contribution in [-0.4, -0.2) is 28.0 Å². The molecule has 0 spiro atoms. The summed E-state index contributed by atoms with van der Waals surface area (Å²) in [7, 11) is 1.52. The Morgan fingerprint density at radius 2 is 1.95 bits per heavy atom. The quantitative estimate of drug-likeness (QED) is 0.906. The Labute approximate surface area is 116 Å². The molecule has 2 aromatic rings. The average Bonchev–Trinajstić information content (AvgIpc) is 2.91.